The van der Waals surface area contributed by atoms with E-state index in [1.165, 1.54) is 0 Å². The van der Waals surface area contributed by atoms with Gasteiger partial charge in [-0.2, -0.15) is 4.98 Å². The summed E-state index contributed by atoms with van der Waals surface area (Å²) in [4.78, 5) is 16.4. The van der Waals surface area contributed by atoms with Crippen LogP contribution >= 0.6 is 0 Å². The van der Waals surface area contributed by atoms with Gasteiger partial charge >= 0.3 is 0 Å². The van der Waals surface area contributed by atoms with E-state index in [-0.39, 0.29) is 24.2 Å². The summed E-state index contributed by atoms with van der Waals surface area (Å²) in [6.45, 7) is 6.57. The highest BCUT2D eigenvalue weighted by molar-refractivity contribution is 5.96. The summed E-state index contributed by atoms with van der Waals surface area (Å²) in [5.41, 5.74) is 0.641. The van der Waals surface area contributed by atoms with E-state index >= 15 is 0 Å². The molecule has 5 heteroatoms. The van der Waals surface area contributed by atoms with Crippen LogP contribution in [0.3, 0.4) is 0 Å². The number of hydrogen-bond acceptors (Lipinski definition) is 5. The number of benzene rings is 1. The average Bonchev–Trinajstić information content (AvgIpc) is 2.93. The zero-order valence-electron chi connectivity index (χ0n) is 12.6. The molecule has 0 radical (unpaired) electrons. The Labute approximate surface area is 124 Å². The molecule has 1 aromatic heterocycles. The number of carbonyl (C=O) groups excluding carboxylic acids is 1. The third-order valence-electron chi connectivity index (χ3n) is 3.10. The fourth-order valence-electron chi connectivity index (χ4n) is 2.06. The number of hydrogen-bond donors (Lipinski definition) is 0. The molecule has 1 aromatic carbocycles. The van der Waals surface area contributed by atoms with Crippen molar-refractivity contribution in [2.75, 3.05) is 6.61 Å². The maximum absolute atomic E-state index is 12.1. The monoisotopic (exact) mass is 288 g/mol. The molecular formula is C16H20N2O3. The lowest BCUT2D eigenvalue weighted by Gasteiger charge is -2.16. The minimum absolute atomic E-state index is 0.0386. The molecule has 0 aliphatic rings. The van der Waals surface area contributed by atoms with E-state index in [9.17, 15) is 4.79 Å². The Morgan fingerprint density at radius 3 is 2.62 bits per heavy atom. The molecule has 0 N–H and O–H groups in total. The number of ketones is 1. The van der Waals surface area contributed by atoms with Crippen LogP contribution in [0.5, 0.6) is 0 Å². The first-order valence-electron chi connectivity index (χ1n) is 7.14. The number of nitrogens with zero attached hydrogens (tertiary/aromatic N) is 2. The third-order valence-corrected chi connectivity index (χ3v) is 3.10. The molecule has 2 aromatic rings. The van der Waals surface area contributed by atoms with Crippen molar-refractivity contribution in [2.45, 2.75) is 33.3 Å². The molecule has 112 valence electrons. The summed E-state index contributed by atoms with van der Waals surface area (Å²) in [5.74, 6) is 1.02. The van der Waals surface area contributed by atoms with Gasteiger partial charge in [-0.25, -0.2) is 0 Å². The smallest absolute Gasteiger partial charge is 0.234 e. The average molecular weight is 288 g/mol. The second-order valence-corrected chi connectivity index (χ2v) is 5.13. The Morgan fingerprint density at radius 1 is 1.29 bits per heavy atom. The van der Waals surface area contributed by atoms with E-state index in [4.69, 9.17) is 9.26 Å². The number of carbonyl (C=O) groups is 1. The molecule has 0 aliphatic carbocycles. The van der Waals surface area contributed by atoms with E-state index in [2.05, 4.69) is 10.1 Å². The number of Topliss-reactive ketones (excluding diaryl/α,β-unsaturated/α-hetero) is 1. The van der Waals surface area contributed by atoms with Crippen LogP contribution in [0.2, 0.25) is 0 Å². The molecule has 0 spiro atoms. The van der Waals surface area contributed by atoms with Crippen molar-refractivity contribution >= 4 is 5.78 Å². The minimum Gasteiger partial charge on any atom is -0.370 e. The molecular weight excluding hydrogens is 268 g/mol. The van der Waals surface area contributed by atoms with Gasteiger partial charge in [0.1, 0.15) is 6.10 Å². The maximum atomic E-state index is 12.1. The highest BCUT2D eigenvalue weighted by Gasteiger charge is 2.23. The molecule has 0 aliphatic heterocycles. The van der Waals surface area contributed by atoms with Gasteiger partial charge in [-0.05, 0) is 12.8 Å². The lowest BCUT2D eigenvalue weighted by molar-refractivity contribution is 0.0217. The Kier molecular flexibility index (Phi) is 5.22. The first-order chi connectivity index (χ1) is 10.1. The predicted molar refractivity (Wildman–Crippen MR) is 78.0 cm³/mol. The van der Waals surface area contributed by atoms with E-state index in [1.807, 2.05) is 39.0 Å². The van der Waals surface area contributed by atoms with Gasteiger partial charge in [-0.1, -0.05) is 49.3 Å². The number of rotatable bonds is 7. The molecule has 2 rings (SSSR count). The molecule has 0 saturated carbocycles. The van der Waals surface area contributed by atoms with Gasteiger partial charge in [0.05, 0.1) is 6.42 Å². The lowest BCUT2D eigenvalue weighted by Crippen LogP contribution is -2.13. The second kappa shape index (κ2) is 7.13. The fraction of sp³-hybridized carbons (Fsp3) is 0.438. The van der Waals surface area contributed by atoms with Crippen molar-refractivity contribution in [1.29, 1.82) is 0 Å². The van der Waals surface area contributed by atoms with Crippen molar-refractivity contribution < 1.29 is 14.1 Å². The van der Waals surface area contributed by atoms with Crippen LogP contribution in [0.25, 0.3) is 0 Å². The van der Waals surface area contributed by atoms with Crippen LogP contribution < -0.4 is 0 Å². The topological polar surface area (TPSA) is 65.2 Å². The molecule has 21 heavy (non-hydrogen) atoms. The molecule has 0 fully saturated rings. The van der Waals surface area contributed by atoms with Crippen LogP contribution in [0.1, 0.15) is 48.9 Å². The predicted octanol–water partition coefficient (Wildman–Crippen LogP) is 3.23. The van der Waals surface area contributed by atoms with Gasteiger partial charge in [0.2, 0.25) is 11.7 Å². The summed E-state index contributed by atoms with van der Waals surface area (Å²) >= 11 is 0. The SMILES string of the molecule is CCOC(c1noc(CC(=O)c2ccccc2)n1)C(C)C. The second-order valence-electron chi connectivity index (χ2n) is 5.13. The highest BCUT2D eigenvalue weighted by atomic mass is 16.5. The lowest BCUT2D eigenvalue weighted by atomic mass is 10.1. The zero-order chi connectivity index (χ0) is 15.2. The summed E-state index contributed by atoms with van der Waals surface area (Å²) in [5, 5.41) is 3.94. The highest BCUT2D eigenvalue weighted by Crippen LogP contribution is 2.23. The van der Waals surface area contributed by atoms with Crippen LogP contribution in [0, 0.1) is 5.92 Å². The molecule has 1 heterocycles. The van der Waals surface area contributed by atoms with Crippen molar-refractivity contribution in [1.82, 2.24) is 10.1 Å². The molecule has 0 saturated heterocycles. The Morgan fingerprint density at radius 2 is 2.00 bits per heavy atom. The van der Waals surface area contributed by atoms with E-state index in [1.54, 1.807) is 12.1 Å². The normalized spacial score (nSPS) is 12.6. The number of aromatic nitrogens is 2. The first kappa shape index (κ1) is 15.4. The summed E-state index contributed by atoms with van der Waals surface area (Å²) < 4.78 is 10.8. The van der Waals surface area contributed by atoms with E-state index in [0.717, 1.165) is 0 Å². The van der Waals surface area contributed by atoms with E-state index in [0.29, 0.717) is 23.9 Å². The molecule has 1 unspecified atom stereocenters. The summed E-state index contributed by atoms with van der Waals surface area (Å²) in [6.07, 6.45) is -0.104. The molecule has 0 amide bonds. The Balaban J connectivity index is 2.08. The van der Waals surface area contributed by atoms with Crippen molar-refractivity contribution in [2.24, 2.45) is 5.92 Å². The zero-order valence-corrected chi connectivity index (χ0v) is 12.6. The standard InChI is InChI=1S/C16H20N2O3/c1-4-20-15(11(2)3)16-17-14(21-18-16)10-13(19)12-8-6-5-7-9-12/h5-9,11,15H,4,10H2,1-3H3. The Hall–Kier alpha value is -2.01. The van der Waals surface area contributed by atoms with Crippen molar-refractivity contribution in [3.63, 3.8) is 0 Å². The van der Waals surface area contributed by atoms with Crippen LogP contribution in [0.4, 0.5) is 0 Å². The largest absolute Gasteiger partial charge is 0.370 e. The number of ether oxygens (including phenoxy) is 1. The van der Waals surface area contributed by atoms with Gasteiger partial charge in [0.25, 0.3) is 0 Å². The quantitative estimate of drug-likeness (QED) is 0.732. The van der Waals surface area contributed by atoms with Gasteiger partial charge in [-0.3, -0.25) is 4.79 Å². The van der Waals surface area contributed by atoms with Gasteiger partial charge < -0.3 is 9.26 Å². The summed E-state index contributed by atoms with van der Waals surface area (Å²) in [6, 6.07) is 9.08. The van der Waals surface area contributed by atoms with Gasteiger partial charge in [0, 0.05) is 12.2 Å². The molecule has 0 bridgehead atoms. The Bertz CT molecular complexity index is 578. The third kappa shape index (κ3) is 3.98. The van der Waals surface area contributed by atoms with Gasteiger partial charge in [0.15, 0.2) is 5.78 Å². The van der Waals surface area contributed by atoms with Crippen LogP contribution in [0.15, 0.2) is 34.9 Å². The van der Waals surface area contributed by atoms with Crippen molar-refractivity contribution in [3.8, 4) is 0 Å². The van der Waals surface area contributed by atoms with Crippen LogP contribution in [-0.2, 0) is 11.2 Å². The van der Waals surface area contributed by atoms with Gasteiger partial charge in [-0.15, -0.1) is 0 Å². The van der Waals surface area contributed by atoms with Crippen molar-refractivity contribution in [3.05, 3.63) is 47.6 Å². The summed E-state index contributed by atoms with van der Waals surface area (Å²) in [7, 11) is 0. The molecule has 1 atom stereocenters. The maximum Gasteiger partial charge on any atom is 0.234 e. The minimum atomic E-state index is -0.209. The fourth-order valence-corrected chi connectivity index (χ4v) is 2.06. The molecule has 5 nitrogen and oxygen atoms in total. The van der Waals surface area contributed by atoms with Crippen LogP contribution in [-0.4, -0.2) is 22.5 Å². The van der Waals surface area contributed by atoms with E-state index < -0.39 is 0 Å². The first-order valence-corrected chi connectivity index (χ1v) is 7.14.